The molecule has 1 aliphatic carbocycles. The van der Waals surface area contributed by atoms with Gasteiger partial charge in [-0.3, -0.25) is 0 Å². The van der Waals surface area contributed by atoms with Crippen LogP contribution in [0.15, 0.2) is 36.4 Å². The maximum Gasteiger partial charge on any atom is 0.435 e. The summed E-state index contributed by atoms with van der Waals surface area (Å²) in [6.07, 6.45) is 1.06. The second-order valence-corrected chi connectivity index (χ2v) is 6.62. The zero-order chi connectivity index (χ0) is 20.5. The lowest BCUT2D eigenvalue weighted by molar-refractivity contribution is 0.169. The van der Waals surface area contributed by atoms with E-state index < -0.39 is 6.09 Å². The van der Waals surface area contributed by atoms with E-state index in [4.69, 9.17) is 18.9 Å². The van der Waals surface area contributed by atoms with Gasteiger partial charge in [0, 0.05) is 11.1 Å². The molecule has 0 saturated carbocycles. The molecule has 7 nitrogen and oxygen atoms in total. The van der Waals surface area contributed by atoms with Crippen LogP contribution in [-0.4, -0.2) is 44.3 Å². The summed E-state index contributed by atoms with van der Waals surface area (Å²) in [4.78, 5) is 12.6. The molecular formula is C22H22N2O5. The molecule has 0 aliphatic heterocycles. The highest BCUT2D eigenvalue weighted by atomic mass is 16.5. The molecule has 0 radical (unpaired) electrons. The summed E-state index contributed by atoms with van der Waals surface area (Å²) < 4.78 is 22.8. The number of ether oxygens (including phenoxy) is 4. The van der Waals surface area contributed by atoms with Crippen molar-refractivity contribution < 1.29 is 23.7 Å². The summed E-state index contributed by atoms with van der Waals surface area (Å²) in [5.74, 6) is 1.48. The zero-order valence-corrected chi connectivity index (χ0v) is 16.8. The van der Waals surface area contributed by atoms with Crippen molar-refractivity contribution in [3.8, 4) is 39.6 Å². The summed E-state index contributed by atoms with van der Waals surface area (Å²) in [6.45, 7) is 0. The third-order valence-electron chi connectivity index (χ3n) is 5.16. The molecule has 1 heterocycles. The summed E-state index contributed by atoms with van der Waals surface area (Å²) in [5, 5.41) is 4.58. The fourth-order valence-corrected chi connectivity index (χ4v) is 3.86. The summed E-state index contributed by atoms with van der Waals surface area (Å²) in [5.41, 5.74) is 5.42. The van der Waals surface area contributed by atoms with E-state index in [1.54, 1.807) is 21.3 Å². The van der Waals surface area contributed by atoms with Gasteiger partial charge in [0.25, 0.3) is 0 Å². The molecule has 0 N–H and O–H groups in total. The minimum absolute atomic E-state index is 0.483. The largest absolute Gasteiger partial charge is 0.493 e. The highest BCUT2D eigenvalue weighted by Crippen LogP contribution is 2.46. The Labute approximate surface area is 168 Å². The van der Waals surface area contributed by atoms with Crippen molar-refractivity contribution in [1.29, 1.82) is 0 Å². The van der Waals surface area contributed by atoms with E-state index in [1.807, 2.05) is 24.3 Å². The van der Waals surface area contributed by atoms with E-state index in [0.29, 0.717) is 22.9 Å². The van der Waals surface area contributed by atoms with E-state index in [-0.39, 0.29) is 0 Å². The van der Waals surface area contributed by atoms with Crippen LogP contribution in [0.4, 0.5) is 4.79 Å². The van der Waals surface area contributed by atoms with Crippen LogP contribution in [-0.2, 0) is 17.6 Å². The molecule has 0 spiro atoms. The molecule has 0 atom stereocenters. The van der Waals surface area contributed by atoms with Gasteiger partial charge < -0.3 is 18.9 Å². The predicted octanol–water partition coefficient (Wildman–Crippen LogP) is 3.96. The summed E-state index contributed by atoms with van der Waals surface area (Å²) in [6, 6.07) is 11.8. The Morgan fingerprint density at radius 1 is 0.966 bits per heavy atom. The molecule has 7 heteroatoms. The average Bonchev–Trinajstić information content (AvgIpc) is 3.17. The number of carbonyl (C=O) groups excluding carboxylic acids is 1. The maximum atomic E-state index is 12.6. The first kappa shape index (κ1) is 18.9. The van der Waals surface area contributed by atoms with Crippen molar-refractivity contribution >= 4 is 6.09 Å². The quantitative estimate of drug-likeness (QED) is 0.667. The SMILES string of the molecule is COC(=O)n1nc2c(c1-c1cc(OC)c(OC)c(OC)c1)-c1ccccc1CC2. The Kier molecular flexibility index (Phi) is 4.88. The van der Waals surface area contributed by atoms with Gasteiger partial charge in [-0.15, -0.1) is 0 Å². The Balaban J connectivity index is 2.04. The van der Waals surface area contributed by atoms with Crippen LogP contribution in [0.1, 0.15) is 11.3 Å². The molecule has 0 unspecified atom stereocenters. The predicted molar refractivity (Wildman–Crippen MR) is 108 cm³/mol. The van der Waals surface area contributed by atoms with Gasteiger partial charge in [0.15, 0.2) is 11.5 Å². The van der Waals surface area contributed by atoms with Crippen LogP contribution in [0.25, 0.3) is 22.4 Å². The minimum atomic E-state index is -0.555. The van der Waals surface area contributed by atoms with Gasteiger partial charge in [-0.25, -0.2) is 4.79 Å². The first-order valence-electron chi connectivity index (χ1n) is 9.21. The van der Waals surface area contributed by atoms with E-state index in [9.17, 15) is 4.79 Å². The number of carbonyl (C=O) groups is 1. The molecule has 2 aromatic carbocycles. The minimum Gasteiger partial charge on any atom is -0.493 e. The highest BCUT2D eigenvalue weighted by molar-refractivity contribution is 5.91. The van der Waals surface area contributed by atoms with E-state index >= 15 is 0 Å². The van der Waals surface area contributed by atoms with E-state index in [2.05, 4.69) is 17.2 Å². The molecule has 1 aliphatic rings. The van der Waals surface area contributed by atoms with Crippen molar-refractivity contribution in [2.24, 2.45) is 0 Å². The zero-order valence-electron chi connectivity index (χ0n) is 16.8. The van der Waals surface area contributed by atoms with Gasteiger partial charge in [-0.2, -0.15) is 9.78 Å². The molecule has 150 valence electrons. The van der Waals surface area contributed by atoms with Crippen molar-refractivity contribution in [2.45, 2.75) is 12.8 Å². The average molecular weight is 394 g/mol. The molecule has 0 bridgehead atoms. The number of aromatic nitrogens is 2. The van der Waals surface area contributed by atoms with Gasteiger partial charge >= 0.3 is 6.09 Å². The summed E-state index contributed by atoms with van der Waals surface area (Å²) in [7, 11) is 6.01. The van der Waals surface area contributed by atoms with E-state index in [0.717, 1.165) is 35.2 Å². The highest BCUT2D eigenvalue weighted by Gasteiger charge is 2.29. The number of aryl methyl sites for hydroxylation is 2. The van der Waals surface area contributed by atoms with Gasteiger partial charge in [-0.05, 0) is 36.1 Å². The lowest BCUT2D eigenvalue weighted by Gasteiger charge is -2.18. The fourth-order valence-electron chi connectivity index (χ4n) is 3.86. The number of methoxy groups -OCH3 is 4. The van der Waals surface area contributed by atoms with Crippen molar-refractivity contribution in [1.82, 2.24) is 9.78 Å². The molecule has 29 heavy (non-hydrogen) atoms. The van der Waals surface area contributed by atoms with Gasteiger partial charge in [-0.1, -0.05) is 24.3 Å². The molecule has 1 aromatic heterocycles. The first-order valence-corrected chi connectivity index (χ1v) is 9.21. The van der Waals surface area contributed by atoms with E-state index in [1.165, 1.54) is 17.4 Å². The lowest BCUT2D eigenvalue weighted by atomic mass is 9.87. The fraction of sp³-hybridized carbons (Fsp3) is 0.273. The van der Waals surface area contributed by atoms with Crippen LogP contribution in [0, 0.1) is 0 Å². The molecule has 0 amide bonds. The second kappa shape index (κ2) is 7.50. The molecule has 0 saturated heterocycles. The second-order valence-electron chi connectivity index (χ2n) is 6.62. The van der Waals surface area contributed by atoms with Crippen LogP contribution in [0.3, 0.4) is 0 Å². The summed E-state index contributed by atoms with van der Waals surface area (Å²) >= 11 is 0. The molecule has 3 aromatic rings. The van der Waals surface area contributed by atoms with Gasteiger partial charge in [0.05, 0.1) is 39.8 Å². The van der Waals surface area contributed by atoms with Crippen LogP contribution < -0.4 is 14.2 Å². The number of hydrogen-bond donors (Lipinski definition) is 0. The number of fused-ring (bicyclic) bond motifs is 3. The topological polar surface area (TPSA) is 71.8 Å². The van der Waals surface area contributed by atoms with Crippen LogP contribution in [0.5, 0.6) is 17.2 Å². The first-order chi connectivity index (χ1) is 14.1. The number of benzene rings is 2. The maximum absolute atomic E-state index is 12.6. The smallest absolute Gasteiger partial charge is 0.435 e. The Morgan fingerprint density at radius 3 is 2.28 bits per heavy atom. The van der Waals surface area contributed by atoms with Gasteiger partial charge in [0.1, 0.15) is 0 Å². The third kappa shape index (κ3) is 2.99. The number of rotatable bonds is 4. The molecular weight excluding hydrogens is 372 g/mol. The van der Waals surface area contributed by atoms with Crippen LogP contribution in [0.2, 0.25) is 0 Å². The third-order valence-corrected chi connectivity index (χ3v) is 5.16. The normalized spacial score (nSPS) is 12.0. The number of nitrogens with zero attached hydrogens (tertiary/aromatic N) is 2. The Hall–Kier alpha value is -3.48. The molecule has 0 fully saturated rings. The molecule has 4 rings (SSSR count). The Morgan fingerprint density at radius 2 is 1.66 bits per heavy atom. The van der Waals surface area contributed by atoms with Crippen molar-refractivity contribution in [2.75, 3.05) is 28.4 Å². The Bertz CT molecular complexity index is 1060. The monoisotopic (exact) mass is 394 g/mol. The van der Waals surface area contributed by atoms with Crippen molar-refractivity contribution in [3.63, 3.8) is 0 Å². The lowest BCUT2D eigenvalue weighted by Crippen LogP contribution is -2.14. The number of hydrogen-bond acceptors (Lipinski definition) is 6. The van der Waals surface area contributed by atoms with Crippen molar-refractivity contribution in [3.05, 3.63) is 47.7 Å². The standard InChI is InChI=1S/C22H22N2O5/c1-26-17-11-14(12-18(27-2)21(17)28-3)20-19-15-8-6-5-7-13(15)9-10-16(19)23-24(20)22(25)29-4/h5-8,11-12H,9-10H2,1-4H3. The van der Waals surface area contributed by atoms with Gasteiger partial charge in [0.2, 0.25) is 5.75 Å². The van der Waals surface area contributed by atoms with Crippen LogP contribution >= 0.6 is 0 Å².